The monoisotopic (exact) mass is 335 g/mol. The lowest BCUT2D eigenvalue weighted by atomic mass is 9.82. The van der Waals surface area contributed by atoms with Gasteiger partial charge in [0, 0.05) is 31.4 Å². The fourth-order valence-electron chi connectivity index (χ4n) is 2.61. The summed E-state index contributed by atoms with van der Waals surface area (Å²) in [7, 11) is 3.42. The quantitative estimate of drug-likeness (QED) is 0.470. The fraction of sp³-hybridized carbons (Fsp3) is 0.667. The van der Waals surface area contributed by atoms with E-state index in [9.17, 15) is 0 Å². The van der Waals surface area contributed by atoms with Crippen molar-refractivity contribution >= 4 is 6.21 Å². The van der Waals surface area contributed by atoms with Crippen molar-refractivity contribution in [2.75, 3.05) is 20.8 Å². The maximum Gasteiger partial charge on any atom is 0.126 e. The van der Waals surface area contributed by atoms with Gasteiger partial charge in [-0.05, 0) is 24.3 Å². The van der Waals surface area contributed by atoms with Crippen LogP contribution in [0.2, 0.25) is 0 Å². The minimum absolute atomic E-state index is 0.0529. The van der Waals surface area contributed by atoms with Crippen LogP contribution < -0.4 is 4.74 Å². The number of rotatable bonds is 8. The van der Waals surface area contributed by atoms with Crippen LogP contribution in [0.3, 0.4) is 0 Å². The van der Waals surface area contributed by atoms with Crippen LogP contribution in [0, 0.1) is 5.41 Å². The van der Waals surface area contributed by atoms with Crippen LogP contribution in [-0.2, 0) is 10.2 Å². The number of hydrogen-bond donors (Lipinski definition) is 1. The van der Waals surface area contributed by atoms with Crippen LogP contribution in [0.1, 0.15) is 77.3 Å². The molecule has 1 aromatic rings. The van der Waals surface area contributed by atoms with Gasteiger partial charge in [0.05, 0.1) is 7.11 Å². The number of nitrogens with one attached hydrogen (secondary N) is 1. The molecule has 0 aliphatic rings. The summed E-state index contributed by atoms with van der Waals surface area (Å²) in [6.07, 6.45) is 6.20. The van der Waals surface area contributed by atoms with Crippen LogP contribution in [0.5, 0.6) is 5.75 Å². The molecule has 138 valence electrons. The highest BCUT2D eigenvalue weighted by Crippen LogP contribution is 2.38. The zero-order chi connectivity index (χ0) is 18.6. The molecule has 0 radical (unpaired) electrons. The van der Waals surface area contributed by atoms with Gasteiger partial charge >= 0.3 is 0 Å². The van der Waals surface area contributed by atoms with Crippen molar-refractivity contribution in [3.63, 3.8) is 0 Å². The molecule has 1 N–H and O–H groups in total. The fourth-order valence-corrected chi connectivity index (χ4v) is 2.61. The third-order valence-corrected chi connectivity index (χ3v) is 4.07. The summed E-state index contributed by atoms with van der Waals surface area (Å²) >= 11 is 0. The Balaban J connectivity index is 0.00000118. The summed E-state index contributed by atoms with van der Waals surface area (Å²) in [5, 5.41) is 7.75. The van der Waals surface area contributed by atoms with Crippen molar-refractivity contribution in [3.8, 4) is 5.75 Å². The zero-order valence-corrected chi connectivity index (χ0v) is 16.7. The van der Waals surface area contributed by atoms with Crippen molar-refractivity contribution in [1.29, 1.82) is 5.41 Å². The molecular weight excluding hydrogens is 298 g/mol. The van der Waals surface area contributed by atoms with Crippen molar-refractivity contribution < 1.29 is 9.47 Å². The molecule has 0 aliphatic carbocycles. The summed E-state index contributed by atoms with van der Waals surface area (Å²) in [6, 6.07) is 6.33. The van der Waals surface area contributed by atoms with Crippen LogP contribution in [-0.4, -0.2) is 27.0 Å². The van der Waals surface area contributed by atoms with Gasteiger partial charge in [0.2, 0.25) is 0 Å². The Hall–Kier alpha value is -1.35. The molecule has 0 aromatic heterocycles. The lowest BCUT2D eigenvalue weighted by Gasteiger charge is -2.25. The molecule has 24 heavy (non-hydrogen) atoms. The van der Waals surface area contributed by atoms with Gasteiger partial charge in [0.1, 0.15) is 5.75 Å². The highest BCUT2D eigenvalue weighted by atomic mass is 16.5. The molecule has 0 saturated heterocycles. The molecule has 0 heterocycles. The topological polar surface area (TPSA) is 42.3 Å². The summed E-state index contributed by atoms with van der Waals surface area (Å²) in [5.74, 6) is 1.13. The third kappa shape index (κ3) is 7.48. The summed E-state index contributed by atoms with van der Waals surface area (Å²) < 4.78 is 10.2. The predicted molar refractivity (Wildman–Crippen MR) is 105 cm³/mol. The van der Waals surface area contributed by atoms with E-state index in [4.69, 9.17) is 10.1 Å². The minimum Gasteiger partial charge on any atom is -0.496 e. The van der Waals surface area contributed by atoms with E-state index >= 15 is 0 Å². The van der Waals surface area contributed by atoms with Gasteiger partial charge in [-0.1, -0.05) is 65.2 Å². The van der Waals surface area contributed by atoms with E-state index in [0.717, 1.165) is 24.3 Å². The summed E-state index contributed by atoms with van der Waals surface area (Å²) in [4.78, 5) is 0. The normalized spacial score (nSPS) is 12.1. The van der Waals surface area contributed by atoms with Gasteiger partial charge < -0.3 is 14.9 Å². The highest BCUT2D eigenvalue weighted by molar-refractivity contribution is 5.67. The van der Waals surface area contributed by atoms with Crippen molar-refractivity contribution in [1.82, 2.24) is 0 Å². The second kappa shape index (κ2) is 12.1. The Morgan fingerprint density at radius 3 is 2.17 bits per heavy atom. The van der Waals surface area contributed by atoms with E-state index in [-0.39, 0.29) is 11.3 Å². The largest absolute Gasteiger partial charge is 0.496 e. The van der Waals surface area contributed by atoms with Crippen molar-refractivity contribution in [2.45, 2.75) is 71.6 Å². The number of para-hydroxylation sites is 1. The molecule has 3 heteroatoms. The Morgan fingerprint density at radius 2 is 1.75 bits per heavy atom. The number of ether oxygens (including phenoxy) is 2. The second-order valence-electron chi connectivity index (χ2n) is 7.02. The lowest BCUT2D eigenvalue weighted by Crippen LogP contribution is -2.15. The first-order valence-corrected chi connectivity index (χ1v) is 9.04. The Labute approximate surface area is 149 Å². The van der Waals surface area contributed by atoms with E-state index in [1.807, 2.05) is 6.92 Å². The number of unbranched alkanes of at least 4 members (excludes halogenated alkanes) is 2. The molecular formula is C21H37NO2. The first kappa shape index (κ1) is 22.6. The first-order chi connectivity index (χ1) is 11.4. The van der Waals surface area contributed by atoms with E-state index in [1.165, 1.54) is 24.8 Å². The molecule has 1 atom stereocenters. The molecule has 0 spiro atoms. The van der Waals surface area contributed by atoms with Crippen LogP contribution in [0.15, 0.2) is 18.2 Å². The maximum atomic E-state index is 7.75. The number of methoxy groups -OCH3 is 2. The maximum absolute atomic E-state index is 7.75. The number of benzene rings is 1. The van der Waals surface area contributed by atoms with Crippen molar-refractivity contribution in [3.05, 3.63) is 29.3 Å². The number of hydrogen-bond acceptors (Lipinski definition) is 3. The van der Waals surface area contributed by atoms with E-state index in [1.54, 1.807) is 20.4 Å². The predicted octanol–water partition coefficient (Wildman–Crippen LogP) is 5.96. The van der Waals surface area contributed by atoms with Gasteiger partial charge in [0.15, 0.2) is 0 Å². The molecule has 0 bridgehead atoms. The van der Waals surface area contributed by atoms with Crippen molar-refractivity contribution in [2.24, 2.45) is 0 Å². The smallest absolute Gasteiger partial charge is 0.126 e. The van der Waals surface area contributed by atoms with E-state index < -0.39 is 0 Å². The van der Waals surface area contributed by atoms with Crippen LogP contribution in [0.4, 0.5) is 0 Å². The molecule has 1 aromatic carbocycles. The van der Waals surface area contributed by atoms with Gasteiger partial charge in [-0.25, -0.2) is 0 Å². The van der Waals surface area contributed by atoms with Crippen LogP contribution in [0.25, 0.3) is 0 Å². The third-order valence-electron chi connectivity index (χ3n) is 4.07. The van der Waals surface area contributed by atoms with Gasteiger partial charge in [0.25, 0.3) is 0 Å². The first-order valence-electron chi connectivity index (χ1n) is 9.04. The Morgan fingerprint density at radius 1 is 1.12 bits per heavy atom. The molecule has 3 nitrogen and oxygen atoms in total. The summed E-state index contributed by atoms with van der Waals surface area (Å²) in [5.41, 5.74) is 2.43. The van der Waals surface area contributed by atoms with Gasteiger partial charge in [-0.15, -0.1) is 0 Å². The SMILES string of the molecule is CCCCCC(C=N)c1cccc(C(C)(C)C)c1OC.CCOC. The van der Waals surface area contributed by atoms with Crippen LogP contribution >= 0.6 is 0 Å². The van der Waals surface area contributed by atoms with E-state index in [0.29, 0.717) is 0 Å². The lowest BCUT2D eigenvalue weighted by molar-refractivity contribution is 0.215. The molecule has 0 fully saturated rings. The van der Waals surface area contributed by atoms with E-state index in [2.05, 4.69) is 50.6 Å². The second-order valence-corrected chi connectivity index (χ2v) is 7.02. The minimum atomic E-state index is 0.0529. The average Bonchev–Trinajstić information content (AvgIpc) is 2.57. The standard InChI is InChI=1S/C18H29NO.C3H8O/c1-6-7-8-10-14(13-19)15-11-9-12-16(17(15)20-5)18(2,3)4;1-3-4-2/h9,11-14,19H,6-8,10H2,1-5H3;3H2,1-2H3. The van der Waals surface area contributed by atoms with Gasteiger partial charge in [-0.2, -0.15) is 0 Å². The van der Waals surface area contributed by atoms with Gasteiger partial charge in [-0.3, -0.25) is 0 Å². The summed E-state index contributed by atoms with van der Waals surface area (Å²) in [6.45, 7) is 11.6. The Kier molecular flexibility index (Phi) is 11.4. The molecule has 1 unspecified atom stereocenters. The highest BCUT2D eigenvalue weighted by Gasteiger charge is 2.23. The molecule has 0 aliphatic heterocycles. The average molecular weight is 336 g/mol. The molecule has 0 saturated carbocycles. The molecule has 1 rings (SSSR count). The zero-order valence-electron chi connectivity index (χ0n) is 16.7. The Bertz CT molecular complexity index is 461. The molecule has 0 amide bonds.